The molecule has 0 amide bonds. The molecule has 1 saturated heterocycles. The van der Waals surface area contributed by atoms with E-state index in [9.17, 15) is 9.59 Å². The van der Waals surface area contributed by atoms with Gasteiger partial charge in [0.25, 0.3) is 0 Å². The fourth-order valence-electron chi connectivity index (χ4n) is 4.48. The zero-order valence-corrected chi connectivity index (χ0v) is 25.6. The van der Waals surface area contributed by atoms with E-state index < -0.39 is 6.16 Å². The summed E-state index contributed by atoms with van der Waals surface area (Å²) in [5, 5.41) is 0. The van der Waals surface area contributed by atoms with Crippen molar-refractivity contribution in [3.8, 4) is 0 Å². The van der Waals surface area contributed by atoms with Crippen molar-refractivity contribution in [1.82, 2.24) is 4.90 Å². The van der Waals surface area contributed by atoms with Crippen molar-refractivity contribution in [3.63, 3.8) is 0 Å². The lowest BCUT2D eigenvalue weighted by atomic mass is 10.0. The number of carbonyl (C=O) groups excluding carboxylic acids is 2. The quantitative estimate of drug-likeness (QED) is 0.0631. The van der Waals surface area contributed by atoms with Gasteiger partial charge in [-0.2, -0.15) is 0 Å². The van der Waals surface area contributed by atoms with E-state index in [1.54, 1.807) is 0 Å². The van der Waals surface area contributed by atoms with Crippen LogP contribution in [0.1, 0.15) is 118 Å². The molecular weight excluding hydrogens is 498 g/mol. The molecule has 1 atom stereocenters. The van der Waals surface area contributed by atoms with E-state index in [0.717, 1.165) is 45.3 Å². The van der Waals surface area contributed by atoms with Crippen molar-refractivity contribution in [2.45, 2.75) is 124 Å². The third kappa shape index (κ3) is 20.2. The number of ether oxygens (including phenoxy) is 5. The van der Waals surface area contributed by atoms with Crippen LogP contribution in [0.4, 0.5) is 4.79 Å². The molecule has 230 valence electrons. The third-order valence-corrected chi connectivity index (χ3v) is 7.12. The molecule has 1 heterocycles. The van der Waals surface area contributed by atoms with Crippen LogP contribution in [-0.2, 0) is 28.5 Å². The zero-order valence-electron chi connectivity index (χ0n) is 25.6. The third-order valence-electron chi connectivity index (χ3n) is 7.12. The van der Waals surface area contributed by atoms with E-state index in [4.69, 9.17) is 23.7 Å². The Labute approximate surface area is 238 Å². The van der Waals surface area contributed by atoms with Crippen molar-refractivity contribution in [2.75, 3.05) is 52.7 Å². The number of hydrogen-bond acceptors (Lipinski definition) is 8. The Morgan fingerprint density at radius 1 is 0.744 bits per heavy atom. The van der Waals surface area contributed by atoms with Crippen molar-refractivity contribution < 1.29 is 33.3 Å². The highest BCUT2D eigenvalue weighted by Gasteiger charge is 2.26. The first-order chi connectivity index (χ1) is 19.0. The van der Waals surface area contributed by atoms with Crippen LogP contribution < -0.4 is 0 Å². The summed E-state index contributed by atoms with van der Waals surface area (Å²) in [6.07, 6.45) is 14.2. The van der Waals surface area contributed by atoms with Crippen molar-refractivity contribution in [1.29, 1.82) is 0 Å². The molecule has 1 aliphatic rings. The second-order valence-corrected chi connectivity index (χ2v) is 11.1. The molecule has 1 rings (SSSR count). The summed E-state index contributed by atoms with van der Waals surface area (Å²) >= 11 is 0. The molecule has 1 fully saturated rings. The topological polar surface area (TPSA) is 83.5 Å². The van der Waals surface area contributed by atoms with Gasteiger partial charge < -0.3 is 28.6 Å². The molecule has 0 aromatic rings. The molecule has 1 unspecified atom stereocenters. The highest BCUT2D eigenvalue weighted by molar-refractivity contribution is 5.69. The van der Waals surface area contributed by atoms with Crippen LogP contribution in [0.5, 0.6) is 0 Å². The Bertz CT molecular complexity index is 579. The first-order valence-electron chi connectivity index (χ1n) is 15.9. The minimum Gasteiger partial charge on any atom is -0.465 e. The van der Waals surface area contributed by atoms with Gasteiger partial charge in [0, 0.05) is 44.6 Å². The zero-order chi connectivity index (χ0) is 28.6. The molecule has 0 N–H and O–H groups in total. The summed E-state index contributed by atoms with van der Waals surface area (Å²) < 4.78 is 27.8. The lowest BCUT2D eigenvalue weighted by Crippen LogP contribution is -2.48. The van der Waals surface area contributed by atoms with Gasteiger partial charge in [0.05, 0.1) is 13.0 Å². The van der Waals surface area contributed by atoms with Crippen LogP contribution in [0.25, 0.3) is 0 Å². The molecule has 0 saturated carbocycles. The predicted octanol–water partition coefficient (Wildman–Crippen LogP) is 7.13. The van der Waals surface area contributed by atoms with Crippen LogP contribution in [0, 0.1) is 11.8 Å². The summed E-state index contributed by atoms with van der Waals surface area (Å²) in [6.45, 7) is 13.5. The minimum atomic E-state index is -0.656. The van der Waals surface area contributed by atoms with Crippen LogP contribution in [0.15, 0.2) is 0 Å². The summed E-state index contributed by atoms with van der Waals surface area (Å²) in [5.41, 5.74) is 0. The SMILES string of the molecule is CCCCCCCCOC(CCC(=O)OCC(C)COC(=O)OCC1CN(CC)C1)OCCCCCCCC. The smallest absolute Gasteiger partial charge is 0.465 e. The first kappa shape index (κ1) is 35.6. The molecule has 1 aliphatic heterocycles. The van der Waals surface area contributed by atoms with E-state index >= 15 is 0 Å². The van der Waals surface area contributed by atoms with E-state index in [2.05, 4.69) is 25.7 Å². The number of likely N-dealkylation sites (tertiary alicyclic amines) is 1. The minimum absolute atomic E-state index is 0.107. The molecule has 0 spiro atoms. The van der Waals surface area contributed by atoms with E-state index in [1.165, 1.54) is 51.4 Å². The lowest BCUT2D eigenvalue weighted by molar-refractivity contribution is -0.160. The van der Waals surface area contributed by atoms with Gasteiger partial charge in [-0.15, -0.1) is 0 Å². The van der Waals surface area contributed by atoms with Gasteiger partial charge in [-0.05, 0) is 19.4 Å². The number of unbranched alkanes of at least 4 members (excludes halogenated alkanes) is 10. The van der Waals surface area contributed by atoms with Gasteiger partial charge in [-0.25, -0.2) is 4.79 Å². The molecule has 0 aromatic heterocycles. The fourth-order valence-corrected chi connectivity index (χ4v) is 4.48. The molecular formula is C31H59NO7. The van der Waals surface area contributed by atoms with Crippen molar-refractivity contribution in [3.05, 3.63) is 0 Å². The van der Waals surface area contributed by atoms with Crippen molar-refractivity contribution >= 4 is 12.1 Å². The first-order valence-corrected chi connectivity index (χ1v) is 15.9. The monoisotopic (exact) mass is 557 g/mol. The van der Waals surface area contributed by atoms with Gasteiger partial charge in [0.1, 0.15) is 13.2 Å². The summed E-state index contributed by atoms with van der Waals surface area (Å²) in [7, 11) is 0. The Morgan fingerprint density at radius 3 is 1.85 bits per heavy atom. The largest absolute Gasteiger partial charge is 0.508 e. The molecule has 8 nitrogen and oxygen atoms in total. The Hall–Kier alpha value is -1.38. The van der Waals surface area contributed by atoms with Gasteiger partial charge in [0.2, 0.25) is 0 Å². The predicted molar refractivity (Wildman–Crippen MR) is 155 cm³/mol. The van der Waals surface area contributed by atoms with Gasteiger partial charge in [-0.3, -0.25) is 4.79 Å². The van der Waals surface area contributed by atoms with Gasteiger partial charge >= 0.3 is 12.1 Å². The number of rotatable bonds is 26. The van der Waals surface area contributed by atoms with E-state index in [0.29, 0.717) is 32.2 Å². The maximum absolute atomic E-state index is 12.3. The normalized spacial score (nSPS) is 14.8. The Morgan fingerprint density at radius 2 is 1.28 bits per heavy atom. The molecule has 0 bridgehead atoms. The molecule has 0 aromatic carbocycles. The van der Waals surface area contributed by atoms with Crippen LogP contribution in [-0.4, -0.2) is 76.0 Å². The fraction of sp³-hybridized carbons (Fsp3) is 0.935. The average molecular weight is 558 g/mol. The highest BCUT2D eigenvalue weighted by Crippen LogP contribution is 2.15. The van der Waals surface area contributed by atoms with Gasteiger partial charge in [0.15, 0.2) is 6.29 Å². The summed E-state index contributed by atoms with van der Waals surface area (Å²) in [5.74, 6) is -0.0000261. The summed E-state index contributed by atoms with van der Waals surface area (Å²) in [6, 6.07) is 0. The molecule has 8 heteroatoms. The maximum Gasteiger partial charge on any atom is 0.508 e. The highest BCUT2D eigenvalue weighted by atomic mass is 16.7. The second-order valence-electron chi connectivity index (χ2n) is 11.1. The second kappa shape index (κ2) is 24.4. The number of esters is 1. The van der Waals surface area contributed by atoms with Crippen LogP contribution in [0.3, 0.4) is 0 Å². The number of carbonyl (C=O) groups is 2. The molecule has 39 heavy (non-hydrogen) atoms. The van der Waals surface area contributed by atoms with E-state index in [-0.39, 0.29) is 37.8 Å². The van der Waals surface area contributed by atoms with Crippen molar-refractivity contribution in [2.24, 2.45) is 11.8 Å². The Balaban J connectivity index is 2.20. The van der Waals surface area contributed by atoms with E-state index in [1.807, 2.05) is 6.92 Å². The number of hydrogen-bond donors (Lipinski definition) is 0. The standard InChI is InChI=1S/C31H59NO7/c1-5-8-10-12-14-16-20-35-30(36-21-17-15-13-11-9-6-2)19-18-29(33)37-24-27(4)25-38-31(34)39-26-28-22-32(7-3)23-28/h27-28,30H,5-26H2,1-4H3. The van der Waals surface area contributed by atoms with Crippen LogP contribution >= 0.6 is 0 Å². The molecule has 0 aliphatic carbocycles. The average Bonchev–Trinajstić information content (AvgIpc) is 2.91. The summed E-state index contributed by atoms with van der Waals surface area (Å²) in [4.78, 5) is 26.4. The van der Waals surface area contributed by atoms with Crippen LogP contribution in [0.2, 0.25) is 0 Å². The lowest BCUT2D eigenvalue weighted by Gasteiger charge is -2.37. The van der Waals surface area contributed by atoms with Gasteiger partial charge in [-0.1, -0.05) is 91.9 Å². The maximum atomic E-state index is 12.3. The number of nitrogens with zero attached hydrogens (tertiary/aromatic N) is 1. The molecule has 0 radical (unpaired) electrons. The Kier molecular flexibility index (Phi) is 22.3.